The third-order valence-corrected chi connectivity index (χ3v) is 3.22. The van der Waals surface area contributed by atoms with Crippen LogP contribution in [0.3, 0.4) is 0 Å². The number of hydrogen-bond donors (Lipinski definition) is 3. The molecule has 0 unspecified atom stereocenters. The van der Waals surface area contributed by atoms with Gasteiger partial charge in [0.1, 0.15) is 0 Å². The number of amides is 1. The fourth-order valence-corrected chi connectivity index (χ4v) is 1.97. The Bertz CT molecular complexity index is 339. The molecule has 0 radical (unpaired) electrons. The van der Waals surface area contributed by atoms with Crippen LogP contribution in [0.15, 0.2) is 0 Å². The molecular formula is C9H16N6O. The zero-order valence-electron chi connectivity index (χ0n) is 9.07. The van der Waals surface area contributed by atoms with E-state index in [1.165, 1.54) is 6.42 Å². The molecule has 0 spiro atoms. The van der Waals surface area contributed by atoms with Crippen molar-refractivity contribution in [3.8, 4) is 0 Å². The molecule has 0 atom stereocenters. The number of aromatic nitrogens is 4. The summed E-state index contributed by atoms with van der Waals surface area (Å²) in [5, 5.41) is 16.0. The molecule has 4 N–H and O–H groups in total. The number of rotatable bonds is 5. The third kappa shape index (κ3) is 2.35. The lowest BCUT2D eigenvalue weighted by Crippen LogP contribution is -2.41. The fourth-order valence-electron chi connectivity index (χ4n) is 1.97. The predicted octanol–water partition coefficient (Wildman–Crippen LogP) is -0.665. The van der Waals surface area contributed by atoms with Crippen molar-refractivity contribution in [3.63, 3.8) is 0 Å². The Morgan fingerprint density at radius 3 is 2.88 bits per heavy atom. The van der Waals surface area contributed by atoms with Crippen LogP contribution in [0.25, 0.3) is 0 Å². The molecule has 2 rings (SSSR count). The molecule has 1 aliphatic carbocycles. The minimum atomic E-state index is 0.00921. The van der Waals surface area contributed by atoms with Crippen molar-refractivity contribution >= 4 is 5.91 Å². The first kappa shape index (κ1) is 11.0. The fraction of sp³-hybridized carbons (Fsp3) is 0.778. The summed E-state index contributed by atoms with van der Waals surface area (Å²) in [6, 6.07) is 0. The number of tetrazole rings is 1. The Labute approximate surface area is 93.2 Å². The van der Waals surface area contributed by atoms with E-state index in [0.29, 0.717) is 25.3 Å². The molecule has 1 aliphatic rings. The van der Waals surface area contributed by atoms with E-state index in [4.69, 9.17) is 5.73 Å². The van der Waals surface area contributed by atoms with Crippen molar-refractivity contribution in [1.29, 1.82) is 0 Å². The molecule has 1 aromatic rings. The molecule has 7 heteroatoms. The lowest BCUT2D eigenvalue weighted by Gasteiger charge is -2.40. The number of aromatic amines is 1. The minimum absolute atomic E-state index is 0.00921. The maximum atomic E-state index is 11.7. The van der Waals surface area contributed by atoms with Gasteiger partial charge in [0, 0.05) is 6.42 Å². The number of carbonyl (C=O) groups is 1. The molecular weight excluding hydrogens is 208 g/mol. The summed E-state index contributed by atoms with van der Waals surface area (Å²) in [6.07, 6.45) is 3.79. The molecule has 0 saturated heterocycles. The highest BCUT2D eigenvalue weighted by molar-refractivity contribution is 5.76. The van der Waals surface area contributed by atoms with Gasteiger partial charge in [0.15, 0.2) is 5.82 Å². The second-order valence-electron chi connectivity index (χ2n) is 4.34. The molecule has 7 nitrogen and oxygen atoms in total. The van der Waals surface area contributed by atoms with E-state index >= 15 is 0 Å². The number of hydrogen-bond acceptors (Lipinski definition) is 5. The summed E-state index contributed by atoms with van der Waals surface area (Å²) >= 11 is 0. The summed E-state index contributed by atoms with van der Waals surface area (Å²) in [4.78, 5) is 11.7. The number of H-pyrrole nitrogens is 1. The Morgan fingerprint density at radius 2 is 2.38 bits per heavy atom. The van der Waals surface area contributed by atoms with Gasteiger partial charge >= 0.3 is 0 Å². The number of carbonyl (C=O) groups excluding carboxylic acids is 1. The van der Waals surface area contributed by atoms with Gasteiger partial charge in [-0.1, -0.05) is 11.6 Å². The van der Waals surface area contributed by atoms with Crippen molar-refractivity contribution < 1.29 is 4.79 Å². The topological polar surface area (TPSA) is 110 Å². The molecule has 16 heavy (non-hydrogen) atoms. The SMILES string of the molecule is NCC1(CC(=O)NCc2nn[nH]n2)CCC1. The van der Waals surface area contributed by atoms with E-state index in [-0.39, 0.29) is 11.3 Å². The van der Waals surface area contributed by atoms with Gasteiger partial charge in [0.05, 0.1) is 6.54 Å². The summed E-state index contributed by atoms with van der Waals surface area (Å²) < 4.78 is 0. The highest BCUT2D eigenvalue weighted by atomic mass is 16.1. The first-order valence-electron chi connectivity index (χ1n) is 5.43. The molecule has 88 valence electrons. The first-order valence-corrected chi connectivity index (χ1v) is 5.43. The molecule has 1 saturated carbocycles. The summed E-state index contributed by atoms with van der Waals surface area (Å²) in [6.45, 7) is 0.901. The van der Waals surface area contributed by atoms with E-state index in [1.807, 2.05) is 0 Å². The van der Waals surface area contributed by atoms with Crippen LogP contribution in [-0.4, -0.2) is 33.1 Å². The normalized spacial score (nSPS) is 17.8. The van der Waals surface area contributed by atoms with Crippen molar-refractivity contribution in [3.05, 3.63) is 5.82 Å². The van der Waals surface area contributed by atoms with Crippen LogP contribution >= 0.6 is 0 Å². The number of nitrogens with two attached hydrogens (primary N) is 1. The maximum Gasteiger partial charge on any atom is 0.220 e. The van der Waals surface area contributed by atoms with Gasteiger partial charge in [0.25, 0.3) is 0 Å². The minimum Gasteiger partial charge on any atom is -0.349 e. The lowest BCUT2D eigenvalue weighted by atomic mass is 9.66. The smallest absolute Gasteiger partial charge is 0.220 e. The maximum absolute atomic E-state index is 11.7. The largest absolute Gasteiger partial charge is 0.349 e. The molecule has 1 amide bonds. The first-order chi connectivity index (χ1) is 7.74. The average molecular weight is 224 g/mol. The standard InChI is InChI=1S/C9H16N6O/c10-6-9(2-1-3-9)4-8(16)11-5-7-12-14-15-13-7/h1-6,10H2,(H,11,16)(H,12,13,14,15). The Kier molecular flexibility index (Phi) is 3.14. The van der Waals surface area contributed by atoms with Crippen LogP contribution in [-0.2, 0) is 11.3 Å². The van der Waals surface area contributed by atoms with Gasteiger partial charge in [-0.2, -0.15) is 5.21 Å². The van der Waals surface area contributed by atoms with Crippen LogP contribution in [0.4, 0.5) is 0 Å². The number of nitrogens with one attached hydrogen (secondary N) is 2. The third-order valence-electron chi connectivity index (χ3n) is 3.22. The average Bonchev–Trinajstić information content (AvgIpc) is 2.73. The van der Waals surface area contributed by atoms with Crippen LogP contribution in [0.5, 0.6) is 0 Å². The van der Waals surface area contributed by atoms with Gasteiger partial charge in [-0.25, -0.2) is 0 Å². The van der Waals surface area contributed by atoms with E-state index in [0.717, 1.165) is 12.8 Å². The van der Waals surface area contributed by atoms with Crippen molar-refractivity contribution in [2.45, 2.75) is 32.2 Å². The van der Waals surface area contributed by atoms with Crippen molar-refractivity contribution in [2.24, 2.45) is 11.1 Å². The van der Waals surface area contributed by atoms with E-state index < -0.39 is 0 Å². The van der Waals surface area contributed by atoms with Crippen molar-refractivity contribution in [2.75, 3.05) is 6.54 Å². The molecule has 0 bridgehead atoms. The van der Waals surface area contributed by atoms with Crippen LogP contribution in [0.1, 0.15) is 31.5 Å². The molecule has 0 aromatic carbocycles. The van der Waals surface area contributed by atoms with Gasteiger partial charge in [-0.15, -0.1) is 10.2 Å². The predicted molar refractivity (Wildman–Crippen MR) is 56.0 cm³/mol. The zero-order valence-corrected chi connectivity index (χ0v) is 9.07. The molecule has 1 fully saturated rings. The van der Waals surface area contributed by atoms with Crippen LogP contribution < -0.4 is 11.1 Å². The van der Waals surface area contributed by atoms with Gasteiger partial charge in [0.2, 0.25) is 5.91 Å². The Hall–Kier alpha value is -1.50. The van der Waals surface area contributed by atoms with Crippen molar-refractivity contribution in [1.82, 2.24) is 25.9 Å². The highest BCUT2D eigenvalue weighted by Crippen LogP contribution is 2.42. The summed E-state index contributed by atoms with van der Waals surface area (Å²) in [7, 11) is 0. The second kappa shape index (κ2) is 4.56. The van der Waals surface area contributed by atoms with Crippen LogP contribution in [0.2, 0.25) is 0 Å². The Balaban J connectivity index is 1.76. The molecule has 1 heterocycles. The number of nitrogens with zero attached hydrogens (tertiary/aromatic N) is 3. The molecule has 0 aliphatic heterocycles. The summed E-state index contributed by atoms with van der Waals surface area (Å²) in [5.41, 5.74) is 5.73. The van der Waals surface area contributed by atoms with Gasteiger partial charge in [-0.05, 0) is 24.8 Å². The van der Waals surface area contributed by atoms with E-state index in [9.17, 15) is 4.79 Å². The van der Waals surface area contributed by atoms with E-state index in [1.54, 1.807) is 0 Å². The van der Waals surface area contributed by atoms with Crippen LogP contribution in [0, 0.1) is 5.41 Å². The van der Waals surface area contributed by atoms with E-state index in [2.05, 4.69) is 25.9 Å². The second-order valence-corrected chi connectivity index (χ2v) is 4.34. The monoisotopic (exact) mass is 224 g/mol. The quantitative estimate of drug-likeness (QED) is 0.614. The molecule has 1 aromatic heterocycles. The van der Waals surface area contributed by atoms with Gasteiger partial charge in [-0.3, -0.25) is 4.79 Å². The lowest BCUT2D eigenvalue weighted by molar-refractivity contribution is -0.124. The summed E-state index contributed by atoms with van der Waals surface area (Å²) in [5.74, 6) is 0.499. The van der Waals surface area contributed by atoms with Gasteiger partial charge < -0.3 is 11.1 Å². The zero-order chi connectivity index (χ0) is 11.4. The highest BCUT2D eigenvalue weighted by Gasteiger charge is 2.37. The Morgan fingerprint density at radius 1 is 1.56 bits per heavy atom.